The van der Waals surface area contributed by atoms with E-state index in [1.165, 1.54) is 5.56 Å². The molecule has 0 aliphatic carbocycles. The van der Waals surface area contributed by atoms with Crippen LogP contribution in [0, 0.1) is 6.92 Å². The Balaban J connectivity index is 1.45. The summed E-state index contributed by atoms with van der Waals surface area (Å²) in [7, 11) is 0. The molecular weight excluding hydrogens is 424 g/mol. The van der Waals surface area contributed by atoms with Crippen molar-refractivity contribution in [1.29, 1.82) is 0 Å². The predicted molar refractivity (Wildman–Crippen MR) is 136 cm³/mol. The Bertz CT molecular complexity index is 1490. The Morgan fingerprint density at radius 1 is 1.00 bits per heavy atom. The van der Waals surface area contributed by atoms with E-state index in [1.54, 1.807) is 0 Å². The molecule has 0 aliphatic heterocycles. The molecular formula is C27H28N6O. The minimum atomic E-state index is -0.344. The lowest BCUT2D eigenvalue weighted by Crippen LogP contribution is -2.26. The van der Waals surface area contributed by atoms with Crippen molar-refractivity contribution in [1.82, 2.24) is 25.1 Å². The molecule has 0 spiro atoms. The molecule has 7 nitrogen and oxygen atoms in total. The second-order valence-corrected chi connectivity index (χ2v) is 9.53. The molecule has 0 radical (unpaired) electrons. The quantitative estimate of drug-likeness (QED) is 0.322. The first-order valence-corrected chi connectivity index (χ1v) is 11.4. The van der Waals surface area contributed by atoms with Crippen LogP contribution in [0.3, 0.4) is 0 Å². The number of aromatic amines is 1. The number of H-pyrrole nitrogens is 1. The Morgan fingerprint density at radius 2 is 1.76 bits per heavy atom. The van der Waals surface area contributed by atoms with Gasteiger partial charge in [0.2, 0.25) is 0 Å². The minimum absolute atomic E-state index is 0.223. The van der Waals surface area contributed by atoms with E-state index in [1.807, 2.05) is 59.4 Å². The Morgan fingerprint density at radius 3 is 2.53 bits per heavy atom. The van der Waals surface area contributed by atoms with Gasteiger partial charge in [-0.05, 0) is 63.6 Å². The number of aryl methyl sites for hydroxylation is 1. The molecule has 5 rings (SSSR count). The number of carbonyl (C=O) groups excluding carboxylic acids is 1. The zero-order chi connectivity index (χ0) is 23.9. The molecule has 0 saturated heterocycles. The van der Waals surface area contributed by atoms with Crippen LogP contribution in [0.4, 0.5) is 11.5 Å². The number of carbonyl (C=O) groups is 1. The van der Waals surface area contributed by atoms with Crippen LogP contribution in [0.2, 0.25) is 0 Å². The molecule has 2 aromatic carbocycles. The van der Waals surface area contributed by atoms with Gasteiger partial charge in [0, 0.05) is 29.3 Å². The SMILES string of the molecule is Cc1ccc(Nc2ccc3c(C(=O)NCc4c[nH]c5ccccc45)nn(C(C)(C)C)c3n2)cc1. The standard InChI is InChI=1S/C27H28N6O/c1-17-9-11-19(12-10-17)30-23-14-13-21-24(32-33(25(21)31-23)27(2,3)4)26(34)29-16-18-15-28-22-8-6-5-7-20(18)22/h5-15,28H,16H2,1-4H3,(H,29,34)(H,30,31). The summed E-state index contributed by atoms with van der Waals surface area (Å²) >= 11 is 0. The van der Waals surface area contributed by atoms with Crippen molar-refractivity contribution in [2.24, 2.45) is 0 Å². The first-order valence-electron chi connectivity index (χ1n) is 11.4. The van der Waals surface area contributed by atoms with Gasteiger partial charge in [0.15, 0.2) is 11.3 Å². The molecule has 172 valence electrons. The number of benzene rings is 2. The van der Waals surface area contributed by atoms with Crippen LogP contribution < -0.4 is 10.6 Å². The number of hydrogen-bond donors (Lipinski definition) is 3. The summed E-state index contributed by atoms with van der Waals surface area (Å²) in [5.41, 5.74) is 4.93. The number of hydrogen-bond acceptors (Lipinski definition) is 4. The Kier molecular flexibility index (Phi) is 5.32. The van der Waals surface area contributed by atoms with Crippen LogP contribution in [0.1, 0.15) is 42.4 Å². The Hall–Kier alpha value is -4.13. The smallest absolute Gasteiger partial charge is 0.272 e. The van der Waals surface area contributed by atoms with E-state index in [0.29, 0.717) is 23.7 Å². The summed E-state index contributed by atoms with van der Waals surface area (Å²) in [6, 6.07) is 20.0. The molecule has 0 unspecified atom stereocenters. The highest BCUT2D eigenvalue weighted by Crippen LogP contribution is 2.27. The van der Waals surface area contributed by atoms with E-state index in [4.69, 9.17) is 4.98 Å². The van der Waals surface area contributed by atoms with Gasteiger partial charge >= 0.3 is 0 Å². The number of para-hydroxylation sites is 1. The molecule has 0 bridgehead atoms. The van der Waals surface area contributed by atoms with Gasteiger partial charge in [-0.15, -0.1) is 0 Å². The maximum absolute atomic E-state index is 13.2. The minimum Gasteiger partial charge on any atom is -0.361 e. The lowest BCUT2D eigenvalue weighted by Gasteiger charge is -2.20. The first-order chi connectivity index (χ1) is 16.3. The van der Waals surface area contributed by atoms with E-state index < -0.39 is 0 Å². The zero-order valence-corrected chi connectivity index (χ0v) is 19.8. The fourth-order valence-corrected chi connectivity index (χ4v) is 4.02. The number of fused-ring (bicyclic) bond motifs is 2. The van der Waals surface area contributed by atoms with Gasteiger partial charge in [0.1, 0.15) is 5.82 Å². The van der Waals surface area contributed by atoms with Gasteiger partial charge in [-0.2, -0.15) is 5.10 Å². The number of aromatic nitrogens is 4. The Labute approximate surface area is 198 Å². The van der Waals surface area contributed by atoms with Crippen molar-refractivity contribution in [2.75, 3.05) is 5.32 Å². The molecule has 1 amide bonds. The van der Waals surface area contributed by atoms with Crippen molar-refractivity contribution in [2.45, 2.75) is 39.8 Å². The number of nitrogens with one attached hydrogen (secondary N) is 3. The van der Waals surface area contributed by atoms with Gasteiger partial charge in [0.05, 0.1) is 10.9 Å². The number of anilines is 2. The van der Waals surface area contributed by atoms with Crippen LogP contribution in [0.5, 0.6) is 0 Å². The maximum Gasteiger partial charge on any atom is 0.272 e. The summed E-state index contributed by atoms with van der Waals surface area (Å²) in [5, 5.41) is 12.9. The van der Waals surface area contributed by atoms with Crippen LogP contribution in [-0.4, -0.2) is 25.7 Å². The fraction of sp³-hybridized carbons (Fsp3) is 0.222. The molecule has 3 aromatic heterocycles. The van der Waals surface area contributed by atoms with E-state index in [-0.39, 0.29) is 11.4 Å². The third-order valence-electron chi connectivity index (χ3n) is 5.82. The van der Waals surface area contributed by atoms with Gasteiger partial charge in [-0.3, -0.25) is 4.79 Å². The number of amides is 1. The van der Waals surface area contributed by atoms with E-state index in [0.717, 1.165) is 27.5 Å². The highest BCUT2D eigenvalue weighted by Gasteiger charge is 2.25. The summed E-state index contributed by atoms with van der Waals surface area (Å²) in [6.45, 7) is 8.62. The van der Waals surface area contributed by atoms with Crippen LogP contribution in [0.25, 0.3) is 21.9 Å². The van der Waals surface area contributed by atoms with E-state index >= 15 is 0 Å². The molecule has 0 atom stereocenters. The first kappa shape index (κ1) is 21.7. The average molecular weight is 453 g/mol. The van der Waals surface area contributed by atoms with Crippen LogP contribution >= 0.6 is 0 Å². The molecule has 3 N–H and O–H groups in total. The van der Waals surface area contributed by atoms with Crippen molar-refractivity contribution in [3.8, 4) is 0 Å². The topological polar surface area (TPSA) is 87.6 Å². The summed E-state index contributed by atoms with van der Waals surface area (Å²) in [6.07, 6.45) is 1.93. The van der Waals surface area contributed by atoms with Crippen molar-refractivity contribution in [3.63, 3.8) is 0 Å². The third kappa shape index (κ3) is 4.12. The predicted octanol–water partition coefficient (Wildman–Crippen LogP) is 5.65. The van der Waals surface area contributed by atoms with Crippen molar-refractivity contribution >= 4 is 39.3 Å². The highest BCUT2D eigenvalue weighted by atomic mass is 16.1. The average Bonchev–Trinajstić information content (AvgIpc) is 3.40. The maximum atomic E-state index is 13.2. The molecule has 3 heterocycles. The van der Waals surface area contributed by atoms with Crippen LogP contribution in [-0.2, 0) is 12.1 Å². The van der Waals surface area contributed by atoms with Crippen molar-refractivity contribution in [3.05, 3.63) is 83.7 Å². The fourth-order valence-electron chi connectivity index (χ4n) is 4.02. The summed E-state index contributed by atoms with van der Waals surface area (Å²) < 4.78 is 1.82. The van der Waals surface area contributed by atoms with Gasteiger partial charge in [-0.25, -0.2) is 9.67 Å². The second-order valence-electron chi connectivity index (χ2n) is 9.53. The highest BCUT2D eigenvalue weighted by molar-refractivity contribution is 6.04. The summed E-state index contributed by atoms with van der Waals surface area (Å²) in [5.74, 6) is 0.479. The molecule has 7 heteroatoms. The lowest BCUT2D eigenvalue weighted by molar-refractivity contribution is 0.0946. The molecule has 5 aromatic rings. The number of nitrogens with zero attached hydrogens (tertiary/aromatic N) is 3. The van der Waals surface area contributed by atoms with E-state index in [2.05, 4.69) is 60.5 Å². The van der Waals surface area contributed by atoms with Crippen LogP contribution in [0.15, 0.2) is 66.9 Å². The largest absolute Gasteiger partial charge is 0.361 e. The van der Waals surface area contributed by atoms with Gasteiger partial charge < -0.3 is 15.6 Å². The number of rotatable bonds is 5. The normalized spacial score (nSPS) is 11.8. The zero-order valence-electron chi connectivity index (χ0n) is 19.8. The molecule has 0 saturated carbocycles. The summed E-state index contributed by atoms with van der Waals surface area (Å²) in [4.78, 5) is 21.3. The molecule has 0 aliphatic rings. The van der Waals surface area contributed by atoms with Gasteiger partial charge in [0.25, 0.3) is 5.91 Å². The molecule has 0 fully saturated rings. The van der Waals surface area contributed by atoms with E-state index in [9.17, 15) is 4.79 Å². The monoisotopic (exact) mass is 452 g/mol. The van der Waals surface area contributed by atoms with Gasteiger partial charge in [-0.1, -0.05) is 35.9 Å². The number of pyridine rings is 1. The van der Waals surface area contributed by atoms with Crippen molar-refractivity contribution < 1.29 is 4.79 Å². The second kappa shape index (κ2) is 8.33. The lowest BCUT2D eigenvalue weighted by atomic mass is 10.1. The third-order valence-corrected chi connectivity index (χ3v) is 5.82. The molecule has 34 heavy (non-hydrogen) atoms.